The Hall–Kier alpha value is -1.27. The predicted molar refractivity (Wildman–Crippen MR) is 84.7 cm³/mol. The lowest BCUT2D eigenvalue weighted by Crippen LogP contribution is -2.38. The lowest BCUT2D eigenvalue weighted by Gasteiger charge is -2.16. The molecule has 0 bridgehead atoms. The van der Waals surface area contributed by atoms with Gasteiger partial charge in [0.15, 0.2) is 0 Å². The van der Waals surface area contributed by atoms with E-state index in [-0.39, 0.29) is 11.8 Å². The third kappa shape index (κ3) is 6.25. The molecule has 0 aliphatic carbocycles. The van der Waals surface area contributed by atoms with Gasteiger partial charge in [0.2, 0.25) is 11.8 Å². The van der Waals surface area contributed by atoms with Crippen molar-refractivity contribution < 1.29 is 9.59 Å². The molecule has 5 nitrogen and oxygen atoms in total. The molecule has 0 spiro atoms. The Kier molecular flexibility index (Phi) is 9.00. The monoisotopic (exact) mass is 299 g/mol. The Morgan fingerprint density at radius 1 is 1.30 bits per heavy atom. The van der Waals surface area contributed by atoms with Gasteiger partial charge in [0.05, 0.1) is 6.04 Å². The molecule has 0 rings (SSSR count). The molecular formula is C14H25N3O2S. The van der Waals surface area contributed by atoms with Crippen LogP contribution in [0.1, 0.15) is 34.1 Å². The third-order valence-corrected chi connectivity index (χ3v) is 4.21. The van der Waals surface area contributed by atoms with E-state index in [2.05, 4.69) is 5.32 Å². The summed E-state index contributed by atoms with van der Waals surface area (Å²) in [5, 5.41) is 2.90. The highest BCUT2D eigenvalue weighted by atomic mass is 32.2. The van der Waals surface area contributed by atoms with Crippen molar-refractivity contribution >= 4 is 23.6 Å². The molecule has 0 heterocycles. The minimum Gasteiger partial charge on any atom is -0.368 e. The van der Waals surface area contributed by atoms with Crippen LogP contribution in [-0.4, -0.2) is 23.6 Å². The molecule has 0 saturated carbocycles. The number of hydrogen-bond donors (Lipinski definition) is 3. The van der Waals surface area contributed by atoms with E-state index in [9.17, 15) is 9.59 Å². The normalized spacial score (nSPS) is 15.7. The molecule has 0 aromatic rings. The molecule has 0 aromatic carbocycles. The number of carbonyl (C=O) groups is 2. The molecule has 6 heteroatoms. The van der Waals surface area contributed by atoms with Crippen LogP contribution in [0, 0.1) is 5.92 Å². The Bertz CT molecular complexity index is 405. The number of carbonyl (C=O) groups excluding carboxylic acids is 2. The average Bonchev–Trinajstić information content (AvgIpc) is 2.44. The summed E-state index contributed by atoms with van der Waals surface area (Å²) in [5.41, 5.74) is 11.5. The topological polar surface area (TPSA) is 98.2 Å². The molecule has 2 amide bonds. The van der Waals surface area contributed by atoms with Crippen molar-refractivity contribution in [3.8, 4) is 0 Å². The summed E-state index contributed by atoms with van der Waals surface area (Å²) >= 11 is 1.40. The van der Waals surface area contributed by atoms with E-state index >= 15 is 0 Å². The van der Waals surface area contributed by atoms with Gasteiger partial charge in [-0.15, -0.1) is 11.8 Å². The summed E-state index contributed by atoms with van der Waals surface area (Å²) in [5.74, 6) is -0.203. The van der Waals surface area contributed by atoms with Gasteiger partial charge < -0.3 is 16.8 Å². The van der Waals surface area contributed by atoms with E-state index in [0.29, 0.717) is 5.75 Å². The Morgan fingerprint density at radius 3 is 2.30 bits per heavy atom. The smallest absolute Gasteiger partial charge is 0.235 e. The Balaban J connectivity index is 4.69. The maximum absolute atomic E-state index is 11.9. The largest absolute Gasteiger partial charge is 0.368 e. The third-order valence-electron chi connectivity index (χ3n) is 2.92. The van der Waals surface area contributed by atoms with Crippen LogP contribution >= 0.6 is 11.8 Å². The number of thioether (sulfide) groups is 1. The second-order valence-corrected chi connectivity index (χ2v) is 5.54. The van der Waals surface area contributed by atoms with Crippen molar-refractivity contribution in [2.45, 2.75) is 40.2 Å². The fraction of sp³-hybridized carbons (Fsp3) is 0.571. The SMILES string of the molecule is C/C=C(NC(=O)C(C)CC)/C(=C/C)SCC(N)C(N)=O. The Morgan fingerprint density at radius 2 is 1.90 bits per heavy atom. The van der Waals surface area contributed by atoms with E-state index in [0.717, 1.165) is 17.0 Å². The molecule has 0 aliphatic rings. The van der Waals surface area contributed by atoms with Gasteiger partial charge in [-0.25, -0.2) is 0 Å². The van der Waals surface area contributed by atoms with Crippen LogP contribution in [0.15, 0.2) is 22.8 Å². The highest BCUT2D eigenvalue weighted by Gasteiger charge is 2.16. The molecule has 2 unspecified atom stereocenters. The number of amides is 2. The van der Waals surface area contributed by atoms with Crippen LogP contribution in [0.4, 0.5) is 0 Å². The quantitative estimate of drug-likeness (QED) is 0.592. The molecule has 0 aromatic heterocycles. The number of nitrogens with two attached hydrogens (primary N) is 2. The number of hydrogen-bond acceptors (Lipinski definition) is 4. The standard InChI is InChI=1S/C14H25N3O2S/c1-5-9(4)14(19)17-11(6-2)12(7-3)20-8-10(15)13(16)18/h6-7,9-10H,5,8,15H2,1-4H3,(H2,16,18)(H,17,19)/b11-6-,12-7-. The van der Waals surface area contributed by atoms with Gasteiger partial charge >= 0.3 is 0 Å². The highest BCUT2D eigenvalue weighted by Crippen LogP contribution is 2.23. The van der Waals surface area contributed by atoms with Crippen molar-refractivity contribution in [1.29, 1.82) is 0 Å². The zero-order valence-corrected chi connectivity index (χ0v) is 13.4. The number of allylic oxidation sites excluding steroid dienone is 2. The first-order valence-electron chi connectivity index (χ1n) is 6.68. The van der Waals surface area contributed by atoms with Gasteiger partial charge in [-0.1, -0.05) is 26.0 Å². The first-order valence-corrected chi connectivity index (χ1v) is 7.67. The van der Waals surface area contributed by atoms with Gasteiger partial charge in [-0.05, 0) is 20.3 Å². The van der Waals surface area contributed by atoms with E-state index in [1.54, 1.807) is 0 Å². The second-order valence-electron chi connectivity index (χ2n) is 4.47. The number of nitrogens with one attached hydrogen (secondary N) is 1. The summed E-state index contributed by atoms with van der Waals surface area (Å²) in [7, 11) is 0. The van der Waals surface area contributed by atoms with E-state index in [4.69, 9.17) is 11.5 Å². The van der Waals surface area contributed by atoms with Crippen LogP contribution in [-0.2, 0) is 9.59 Å². The molecule has 20 heavy (non-hydrogen) atoms. The molecule has 0 saturated heterocycles. The summed E-state index contributed by atoms with van der Waals surface area (Å²) in [4.78, 5) is 23.7. The summed E-state index contributed by atoms with van der Waals surface area (Å²) in [6.07, 6.45) is 4.50. The van der Waals surface area contributed by atoms with Crippen LogP contribution < -0.4 is 16.8 Å². The van der Waals surface area contributed by atoms with Crippen LogP contribution in [0.2, 0.25) is 0 Å². The van der Waals surface area contributed by atoms with E-state index in [1.807, 2.05) is 39.8 Å². The van der Waals surface area contributed by atoms with E-state index < -0.39 is 11.9 Å². The fourth-order valence-electron chi connectivity index (χ4n) is 1.30. The zero-order chi connectivity index (χ0) is 15.7. The highest BCUT2D eigenvalue weighted by molar-refractivity contribution is 8.03. The molecular weight excluding hydrogens is 274 g/mol. The van der Waals surface area contributed by atoms with Crippen molar-refractivity contribution in [3.05, 3.63) is 22.8 Å². The Labute approximate surface area is 125 Å². The molecule has 0 radical (unpaired) electrons. The van der Waals surface area contributed by atoms with Gasteiger partial charge in [-0.3, -0.25) is 9.59 Å². The fourth-order valence-corrected chi connectivity index (χ4v) is 2.31. The molecule has 114 valence electrons. The lowest BCUT2D eigenvalue weighted by atomic mass is 10.1. The van der Waals surface area contributed by atoms with Crippen molar-refractivity contribution in [3.63, 3.8) is 0 Å². The van der Waals surface area contributed by atoms with Gasteiger partial charge in [0.25, 0.3) is 0 Å². The first-order chi connectivity index (χ1) is 9.37. The predicted octanol–water partition coefficient (Wildman–Crippen LogP) is 1.50. The van der Waals surface area contributed by atoms with Crippen molar-refractivity contribution in [2.24, 2.45) is 17.4 Å². The molecule has 0 fully saturated rings. The maximum atomic E-state index is 11.9. The number of primary amides is 1. The van der Waals surface area contributed by atoms with Crippen LogP contribution in [0.3, 0.4) is 0 Å². The van der Waals surface area contributed by atoms with Crippen LogP contribution in [0.25, 0.3) is 0 Å². The van der Waals surface area contributed by atoms with Crippen LogP contribution in [0.5, 0.6) is 0 Å². The first kappa shape index (κ1) is 18.7. The lowest BCUT2D eigenvalue weighted by molar-refractivity contribution is -0.123. The van der Waals surface area contributed by atoms with Gasteiger partial charge in [0.1, 0.15) is 0 Å². The second kappa shape index (κ2) is 9.61. The summed E-state index contributed by atoms with van der Waals surface area (Å²) < 4.78 is 0. The zero-order valence-electron chi connectivity index (χ0n) is 12.6. The summed E-state index contributed by atoms with van der Waals surface area (Å²) in [6.45, 7) is 7.58. The minimum atomic E-state index is -0.696. The van der Waals surface area contributed by atoms with Crippen molar-refractivity contribution in [1.82, 2.24) is 5.32 Å². The average molecular weight is 299 g/mol. The van der Waals surface area contributed by atoms with Crippen molar-refractivity contribution in [2.75, 3.05) is 5.75 Å². The van der Waals surface area contributed by atoms with E-state index in [1.165, 1.54) is 11.8 Å². The maximum Gasteiger partial charge on any atom is 0.235 e. The van der Waals surface area contributed by atoms with Gasteiger partial charge in [-0.2, -0.15) is 0 Å². The molecule has 0 aliphatic heterocycles. The van der Waals surface area contributed by atoms with Gasteiger partial charge in [0, 0.05) is 22.3 Å². The number of rotatable bonds is 8. The summed E-state index contributed by atoms with van der Waals surface area (Å²) in [6, 6.07) is -0.696. The minimum absolute atomic E-state index is 0.0141. The molecule has 2 atom stereocenters. The molecule has 5 N–H and O–H groups in total.